The molecule has 6 heteroatoms. The number of carbonyl (C=O) groups excluding carboxylic acids is 2. The first-order chi connectivity index (χ1) is 10.1. The normalized spacial score (nSPS) is 31.4. The molecule has 1 heterocycles. The van der Waals surface area contributed by atoms with Crippen molar-refractivity contribution in [1.82, 2.24) is 0 Å². The van der Waals surface area contributed by atoms with Gasteiger partial charge in [-0.05, 0) is 18.4 Å². The van der Waals surface area contributed by atoms with Crippen LogP contribution in [0.15, 0.2) is 11.1 Å². The molecule has 2 aliphatic carbocycles. The molecule has 1 saturated heterocycles. The third-order valence-electron chi connectivity index (χ3n) is 4.93. The molecule has 3 aliphatic rings. The molecule has 3 rings (SSSR count). The lowest BCUT2D eigenvalue weighted by Crippen LogP contribution is -2.50. The summed E-state index contributed by atoms with van der Waals surface area (Å²) in [5, 5.41) is 9.53. The highest BCUT2D eigenvalue weighted by atomic mass is 16.7. The molecule has 1 unspecified atom stereocenters. The van der Waals surface area contributed by atoms with Gasteiger partial charge in [-0.15, -0.1) is 0 Å². The van der Waals surface area contributed by atoms with Gasteiger partial charge < -0.3 is 19.3 Å². The van der Waals surface area contributed by atoms with E-state index in [2.05, 4.69) is 0 Å². The van der Waals surface area contributed by atoms with Gasteiger partial charge >= 0.3 is 5.97 Å². The Morgan fingerprint density at radius 1 is 1.29 bits per heavy atom. The first kappa shape index (κ1) is 14.7. The zero-order valence-electron chi connectivity index (χ0n) is 12.1. The van der Waals surface area contributed by atoms with Gasteiger partial charge in [0.2, 0.25) is 0 Å². The maximum Gasteiger partial charge on any atom is 0.316 e. The van der Waals surface area contributed by atoms with E-state index >= 15 is 0 Å². The van der Waals surface area contributed by atoms with Crippen LogP contribution in [-0.4, -0.2) is 49.6 Å². The summed E-state index contributed by atoms with van der Waals surface area (Å²) in [6.45, 7) is 0.700. The molecular weight excluding hydrogens is 276 g/mol. The standard InChI is InChI=1S/C15H20O6/c1-19-13(18)14-4-3-12(17)10(8-16)11(14)2-5-15(9-14)20-6-7-21-15/h16H,2-9H2,1H3. The first-order valence-corrected chi connectivity index (χ1v) is 7.30. The fraction of sp³-hybridized carbons (Fsp3) is 0.733. The Morgan fingerprint density at radius 2 is 2.00 bits per heavy atom. The van der Waals surface area contributed by atoms with Crippen molar-refractivity contribution in [2.24, 2.45) is 5.41 Å². The van der Waals surface area contributed by atoms with Crippen molar-refractivity contribution in [2.45, 2.75) is 37.9 Å². The summed E-state index contributed by atoms with van der Waals surface area (Å²) in [5.41, 5.74) is 0.195. The number of aliphatic hydroxyl groups excluding tert-OH is 1. The van der Waals surface area contributed by atoms with Crippen LogP contribution in [0.25, 0.3) is 0 Å². The molecule has 0 radical (unpaired) electrons. The Bertz CT molecular complexity index is 502. The summed E-state index contributed by atoms with van der Waals surface area (Å²) in [7, 11) is 1.35. The fourth-order valence-electron chi connectivity index (χ4n) is 3.95. The van der Waals surface area contributed by atoms with Crippen molar-refractivity contribution in [3.63, 3.8) is 0 Å². The van der Waals surface area contributed by atoms with E-state index in [1.807, 2.05) is 0 Å². The van der Waals surface area contributed by atoms with Crippen molar-refractivity contribution in [3.05, 3.63) is 11.1 Å². The van der Waals surface area contributed by atoms with E-state index in [1.165, 1.54) is 7.11 Å². The Balaban J connectivity index is 2.07. The molecule has 0 aromatic rings. The minimum atomic E-state index is -0.899. The number of aliphatic hydroxyl groups is 1. The number of hydrogen-bond donors (Lipinski definition) is 1. The molecule has 1 aliphatic heterocycles. The molecule has 1 atom stereocenters. The number of Topliss-reactive ketones (excluding diaryl/α,β-unsaturated/α-hetero) is 1. The third kappa shape index (κ3) is 2.13. The zero-order chi connectivity index (χ0) is 15.1. The number of hydrogen-bond acceptors (Lipinski definition) is 6. The maximum absolute atomic E-state index is 12.5. The van der Waals surface area contributed by atoms with Gasteiger partial charge in [-0.1, -0.05) is 0 Å². The molecule has 0 aromatic heterocycles. The Morgan fingerprint density at radius 3 is 2.62 bits per heavy atom. The van der Waals surface area contributed by atoms with Gasteiger partial charge in [-0.25, -0.2) is 0 Å². The van der Waals surface area contributed by atoms with Gasteiger partial charge in [0.25, 0.3) is 0 Å². The SMILES string of the molecule is COC(=O)C12CCC(=O)C(CO)=C1CCC1(C2)OCCO1. The van der Waals surface area contributed by atoms with Crippen LogP contribution >= 0.6 is 0 Å². The number of ketones is 1. The number of ether oxygens (including phenoxy) is 3. The second-order valence-corrected chi connectivity index (χ2v) is 5.90. The highest BCUT2D eigenvalue weighted by Crippen LogP contribution is 2.54. The Hall–Kier alpha value is -1.24. The molecule has 6 nitrogen and oxygen atoms in total. The molecule has 1 spiro atoms. The summed E-state index contributed by atoms with van der Waals surface area (Å²) in [4.78, 5) is 24.5. The number of methoxy groups -OCH3 is 1. The molecule has 2 fully saturated rings. The zero-order valence-corrected chi connectivity index (χ0v) is 12.1. The lowest BCUT2D eigenvalue weighted by molar-refractivity contribution is -0.202. The van der Waals surface area contributed by atoms with Crippen molar-refractivity contribution < 1.29 is 28.9 Å². The van der Waals surface area contributed by atoms with Crippen LogP contribution in [0.4, 0.5) is 0 Å². The quantitative estimate of drug-likeness (QED) is 0.756. The minimum Gasteiger partial charge on any atom is -0.468 e. The summed E-state index contributed by atoms with van der Waals surface area (Å²) in [5.74, 6) is -1.19. The summed E-state index contributed by atoms with van der Waals surface area (Å²) >= 11 is 0. The van der Waals surface area contributed by atoms with E-state index in [0.717, 1.165) is 5.57 Å². The second-order valence-electron chi connectivity index (χ2n) is 5.90. The fourth-order valence-corrected chi connectivity index (χ4v) is 3.95. The van der Waals surface area contributed by atoms with Crippen molar-refractivity contribution in [2.75, 3.05) is 26.9 Å². The van der Waals surface area contributed by atoms with Crippen LogP contribution in [0.2, 0.25) is 0 Å². The second kappa shape index (κ2) is 5.19. The van der Waals surface area contributed by atoms with Crippen LogP contribution in [0.1, 0.15) is 32.1 Å². The molecule has 0 aromatic carbocycles. The topological polar surface area (TPSA) is 82.1 Å². The molecule has 0 bridgehead atoms. The van der Waals surface area contributed by atoms with Gasteiger partial charge in [-0.3, -0.25) is 9.59 Å². The van der Waals surface area contributed by atoms with Crippen LogP contribution < -0.4 is 0 Å². The number of rotatable bonds is 2. The van der Waals surface area contributed by atoms with Gasteiger partial charge in [0.15, 0.2) is 11.6 Å². The largest absolute Gasteiger partial charge is 0.468 e. The smallest absolute Gasteiger partial charge is 0.316 e. The van der Waals surface area contributed by atoms with Crippen LogP contribution in [-0.2, 0) is 23.8 Å². The van der Waals surface area contributed by atoms with Gasteiger partial charge in [0.05, 0.1) is 32.3 Å². The number of esters is 1. The molecule has 116 valence electrons. The average molecular weight is 296 g/mol. The van der Waals surface area contributed by atoms with E-state index in [1.54, 1.807) is 0 Å². The molecule has 0 amide bonds. The lowest BCUT2D eigenvalue weighted by Gasteiger charge is -2.47. The van der Waals surface area contributed by atoms with Crippen molar-refractivity contribution in [1.29, 1.82) is 0 Å². The molecule has 21 heavy (non-hydrogen) atoms. The number of carbonyl (C=O) groups is 2. The van der Waals surface area contributed by atoms with E-state index in [-0.39, 0.29) is 24.8 Å². The maximum atomic E-state index is 12.5. The summed E-state index contributed by atoms with van der Waals surface area (Å²) in [6, 6.07) is 0. The monoisotopic (exact) mass is 296 g/mol. The van der Waals surface area contributed by atoms with Gasteiger partial charge in [0.1, 0.15) is 0 Å². The van der Waals surface area contributed by atoms with Gasteiger partial charge in [0, 0.05) is 24.8 Å². The Kier molecular flexibility index (Phi) is 3.63. The molecule has 1 N–H and O–H groups in total. The van der Waals surface area contributed by atoms with E-state index in [0.29, 0.717) is 44.5 Å². The Labute approximate surface area is 123 Å². The van der Waals surface area contributed by atoms with Crippen LogP contribution in [0, 0.1) is 5.41 Å². The summed E-state index contributed by atoms with van der Waals surface area (Å²) < 4.78 is 16.5. The predicted octanol–water partition coefficient (Wildman–Crippen LogP) is 0.725. The van der Waals surface area contributed by atoms with Crippen molar-refractivity contribution >= 4 is 11.8 Å². The number of fused-ring (bicyclic) bond motifs is 1. The van der Waals surface area contributed by atoms with Gasteiger partial charge in [-0.2, -0.15) is 0 Å². The first-order valence-electron chi connectivity index (χ1n) is 7.30. The molecular formula is C15H20O6. The summed E-state index contributed by atoms with van der Waals surface area (Å²) in [6.07, 6.45) is 2.10. The third-order valence-corrected chi connectivity index (χ3v) is 4.93. The average Bonchev–Trinajstić information content (AvgIpc) is 2.94. The van der Waals surface area contributed by atoms with E-state index in [4.69, 9.17) is 14.2 Å². The van der Waals surface area contributed by atoms with Crippen LogP contribution in [0.5, 0.6) is 0 Å². The lowest BCUT2D eigenvalue weighted by atomic mass is 9.61. The van der Waals surface area contributed by atoms with Crippen LogP contribution in [0.3, 0.4) is 0 Å². The molecule has 1 saturated carbocycles. The highest BCUT2D eigenvalue weighted by Gasteiger charge is 2.57. The van der Waals surface area contributed by atoms with E-state index < -0.39 is 11.2 Å². The van der Waals surface area contributed by atoms with Crippen molar-refractivity contribution in [3.8, 4) is 0 Å². The highest BCUT2D eigenvalue weighted by molar-refractivity contribution is 6.00. The minimum absolute atomic E-state index is 0.0729. The predicted molar refractivity (Wildman–Crippen MR) is 71.3 cm³/mol. The van der Waals surface area contributed by atoms with E-state index in [9.17, 15) is 14.7 Å².